The zero-order chi connectivity index (χ0) is 42.2. The van der Waals surface area contributed by atoms with Crippen LogP contribution in [0, 0.1) is 28.6 Å². The minimum absolute atomic E-state index is 0.0541. The third-order valence-electron chi connectivity index (χ3n) is 14.0. The van der Waals surface area contributed by atoms with Crippen LogP contribution in [0.1, 0.15) is 76.8 Å². The highest BCUT2D eigenvalue weighted by Gasteiger charge is 2.61. The highest BCUT2D eigenvalue weighted by molar-refractivity contribution is 7.10. The number of nitrogens with zero attached hydrogens (tertiary/aromatic N) is 6. The summed E-state index contributed by atoms with van der Waals surface area (Å²) < 4.78 is 14.7. The van der Waals surface area contributed by atoms with Crippen molar-refractivity contribution >= 4 is 45.7 Å². The summed E-state index contributed by atoms with van der Waals surface area (Å²) >= 11 is 1.50. The summed E-state index contributed by atoms with van der Waals surface area (Å²) in [5.74, 6) is -0.462. The number of aryl methyl sites for hydroxylation is 1. The molecular formula is C46H60N8O5S. The van der Waals surface area contributed by atoms with Gasteiger partial charge >= 0.3 is 5.97 Å². The fraction of sp³-hybridized carbons (Fsp3) is 0.587. The molecule has 4 fully saturated rings. The van der Waals surface area contributed by atoms with Gasteiger partial charge in [-0.3, -0.25) is 24.4 Å². The number of fused-ring (bicyclic) bond motifs is 8. The SMILES string of the molecule is CCn1c(-c2cc(N3CCN(C)CC3)cnc2C(C)OC)c2c3cc(ccc31)-c1csc(n1)CC(NC(=O)C1CC1C)C(=O)N1CC3(C)CC3C(N1)C(=O)OCC(C)(C)C2. The maximum absolute atomic E-state index is 14.4. The van der Waals surface area contributed by atoms with Crippen LogP contribution in [-0.2, 0) is 43.2 Å². The number of ether oxygens (including phenoxy) is 2. The Morgan fingerprint density at radius 1 is 1.15 bits per heavy atom. The Balaban J connectivity index is 1.18. The zero-order valence-electron chi connectivity index (χ0n) is 36.3. The van der Waals surface area contributed by atoms with E-state index in [1.54, 1.807) is 12.1 Å². The fourth-order valence-corrected chi connectivity index (χ4v) is 10.7. The van der Waals surface area contributed by atoms with Gasteiger partial charge in [0.15, 0.2) is 0 Å². The molecule has 0 radical (unpaired) electrons. The molecule has 2 saturated heterocycles. The Morgan fingerprint density at radius 3 is 2.63 bits per heavy atom. The van der Waals surface area contributed by atoms with Crippen molar-refractivity contribution in [2.45, 2.75) is 92.0 Å². The number of carbonyl (C=O) groups is 3. The molecule has 0 spiro atoms. The first-order valence-corrected chi connectivity index (χ1v) is 22.7. The second-order valence-corrected chi connectivity index (χ2v) is 20.2. The van der Waals surface area contributed by atoms with E-state index in [0.717, 1.165) is 101 Å². The number of esters is 1. The summed E-state index contributed by atoms with van der Waals surface area (Å²) in [5.41, 5.74) is 10.8. The molecule has 14 heteroatoms. The zero-order valence-corrected chi connectivity index (χ0v) is 37.2. The predicted octanol–water partition coefficient (Wildman–Crippen LogP) is 5.86. The average molecular weight is 837 g/mol. The van der Waals surface area contributed by atoms with Crippen molar-refractivity contribution in [2.75, 3.05) is 58.4 Å². The van der Waals surface area contributed by atoms with Crippen LogP contribution in [0.3, 0.4) is 0 Å². The van der Waals surface area contributed by atoms with E-state index in [-0.39, 0.29) is 54.2 Å². The van der Waals surface area contributed by atoms with Gasteiger partial charge in [-0.1, -0.05) is 33.8 Å². The normalized spacial score (nSPS) is 28.5. The van der Waals surface area contributed by atoms with Crippen molar-refractivity contribution in [3.63, 3.8) is 0 Å². The lowest BCUT2D eigenvalue weighted by Crippen LogP contribution is -2.62. The molecule has 320 valence electrons. The van der Waals surface area contributed by atoms with Crippen LogP contribution < -0.4 is 15.6 Å². The second-order valence-electron chi connectivity index (χ2n) is 19.3. The summed E-state index contributed by atoms with van der Waals surface area (Å²) in [6.45, 7) is 17.9. The first-order valence-electron chi connectivity index (χ1n) is 21.8. The number of benzene rings is 1. The fourth-order valence-electron chi connectivity index (χ4n) is 9.85. The Kier molecular flexibility index (Phi) is 10.6. The van der Waals surface area contributed by atoms with E-state index in [1.165, 1.54) is 11.3 Å². The number of carbonyl (C=O) groups excluding carboxylic acids is 3. The van der Waals surface area contributed by atoms with Crippen molar-refractivity contribution < 1.29 is 23.9 Å². The Morgan fingerprint density at radius 2 is 1.92 bits per heavy atom. The highest BCUT2D eigenvalue weighted by atomic mass is 32.1. The molecule has 60 heavy (non-hydrogen) atoms. The van der Waals surface area contributed by atoms with Crippen LogP contribution in [-0.4, -0.2) is 108 Å². The van der Waals surface area contributed by atoms with Gasteiger partial charge in [-0.15, -0.1) is 11.3 Å². The first kappa shape index (κ1) is 41.0. The van der Waals surface area contributed by atoms with Gasteiger partial charge in [0, 0.05) is 91.5 Å². The lowest BCUT2D eigenvalue weighted by atomic mass is 9.84. The topological polar surface area (TPSA) is 134 Å². The molecule has 1 aromatic carbocycles. The summed E-state index contributed by atoms with van der Waals surface area (Å²) in [6, 6.07) is 7.37. The van der Waals surface area contributed by atoms with Gasteiger partial charge in [-0.2, -0.15) is 0 Å². The number of aromatic nitrogens is 3. The average Bonchev–Trinajstić information content (AvgIpc) is 4.04. The van der Waals surface area contributed by atoms with Gasteiger partial charge in [0.05, 0.1) is 46.7 Å². The van der Waals surface area contributed by atoms with Crippen molar-refractivity contribution in [2.24, 2.45) is 28.6 Å². The molecule has 7 unspecified atom stereocenters. The number of methoxy groups -OCH3 is 1. The Bertz CT molecular complexity index is 2330. The molecule has 5 aliphatic rings. The number of hydrogen-bond donors (Lipinski definition) is 2. The van der Waals surface area contributed by atoms with Crippen molar-refractivity contribution in [3.8, 4) is 22.5 Å². The van der Waals surface area contributed by atoms with E-state index in [1.807, 2.05) is 6.20 Å². The Hall–Kier alpha value is -4.37. The van der Waals surface area contributed by atoms with E-state index >= 15 is 0 Å². The number of rotatable bonds is 7. The number of hydrogen-bond acceptors (Lipinski definition) is 11. The molecule has 2 saturated carbocycles. The summed E-state index contributed by atoms with van der Waals surface area (Å²) in [7, 11) is 3.90. The molecule has 9 rings (SSSR count). The van der Waals surface area contributed by atoms with Gasteiger partial charge in [0.25, 0.3) is 5.91 Å². The second kappa shape index (κ2) is 15.5. The lowest BCUT2D eigenvalue weighted by molar-refractivity contribution is -0.157. The largest absolute Gasteiger partial charge is 0.464 e. The maximum Gasteiger partial charge on any atom is 0.325 e. The molecule has 6 bridgehead atoms. The maximum atomic E-state index is 14.4. The van der Waals surface area contributed by atoms with Crippen LogP contribution in [0.4, 0.5) is 5.69 Å². The van der Waals surface area contributed by atoms with Crippen LogP contribution >= 0.6 is 11.3 Å². The molecule has 2 aliphatic carbocycles. The smallest absolute Gasteiger partial charge is 0.325 e. The summed E-state index contributed by atoms with van der Waals surface area (Å²) in [4.78, 5) is 57.0. The molecular weight excluding hydrogens is 777 g/mol. The number of piperazine rings is 1. The first-order chi connectivity index (χ1) is 28.7. The molecule has 2 N–H and O–H groups in total. The van der Waals surface area contributed by atoms with Crippen molar-refractivity contribution in [3.05, 3.63) is 52.1 Å². The number of hydrazine groups is 1. The molecule has 3 aliphatic heterocycles. The summed E-state index contributed by atoms with van der Waals surface area (Å²) in [5, 5.41) is 8.59. The van der Waals surface area contributed by atoms with E-state index in [0.29, 0.717) is 18.9 Å². The molecule has 4 aromatic rings. The number of anilines is 1. The number of thiazole rings is 1. The highest BCUT2D eigenvalue weighted by Crippen LogP contribution is 2.57. The van der Waals surface area contributed by atoms with Crippen molar-refractivity contribution in [1.29, 1.82) is 0 Å². The lowest BCUT2D eigenvalue weighted by Gasteiger charge is -2.38. The minimum Gasteiger partial charge on any atom is -0.464 e. The van der Waals surface area contributed by atoms with Gasteiger partial charge in [0.2, 0.25) is 5.91 Å². The molecule has 3 aromatic heterocycles. The quantitative estimate of drug-likeness (QED) is 0.218. The third kappa shape index (κ3) is 7.62. The molecule has 2 amide bonds. The van der Waals surface area contributed by atoms with E-state index in [2.05, 4.69) is 103 Å². The summed E-state index contributed by atoms with van der Waals surface area (Å²) in [6.07, 6.45) is 4.24. The predicted molar refractivity (Wildman–Crippen MR) is 233 cm³/mol. The van der Waals surface area contributed by atoms with Gasteiger partial charge in [0.1, 0.15) is 12.1 Å². The standard InChI is InChI=1S/C46H60N8O5S/c1-9-53-37-11-10-28-17-31(37)33(41(53)32-18-29(22-47-39(32)27(3)58-8)52-14-12-51(7)13-15-52)20-45(4,5)25-59-44(57)40-34-21-46(34,6)24-54(50-40)43(56)35(19-38-48-36(28)23-60-38)49-42(55)30-16-26(30)2/h10-11,17-18,22-23,26-27,30,34-35,40,50H,9,12-16,19-21,24-25H2,1-8H3,(H,49,55). The molecule has 7 atom stereocenters. The molecule has 6 heterocycles. The van der Waals surface area contributed by atoms with Crippen LogP contribution in [0.25, 0.3) is 33.4 Å². The van der Waals surface area contributed by atoms with Crippen LogP contribution in [0.15, 0.2) is 35.8 Å². The number of pyridine rings is 1. The Labute approximate surface area is 357 Å². The van der Waals surface area contributed by atoms with Crippen LogP contribution in [0.5, 0.6) is 0 Å². The van der Waals surface area contributed by atoms with Gasteiger partial charge in [-0.25, -0.2) is 10.4 Å². The van der Waals surface area contributed by atoms with E-state index in [9.17, 15) is 14.4 Å². The number of likely N-dealkylation sites (N-methyl/N-ethyl adjacent to an activating group) is 1. The minimum atomic E-state index is -0.834. The van der Waals surface area contributed by atoms with Crippen LogP contribution in [0.2, 0.25) is 0 Å². The van der Waals surface area contributed by atoms with Gasteiger partial charge in [-0.05, 0) is 81.2 Å². The monoisotopic (exact) mass is 836 g/mol. The third-order valence-corrected chi connectivity index (χ3v) is 14.8. The molecule has 13 nitrogen and oxygen atoms in total. The van der Waals surface area contributed by atoms with Crippen molar-refractivity contribution in [1.82, 2.24) is 35.2 Å². The number of amides is 2. The van der Waals surface area contributed by atoms with Gasteiger partial charge < -0.3 is 29.2 Å². The van der Waals surface area contributed by atoms with E-state index < -0.39 is 17.5 Å². The van der Waals surface area contributed by atoms with E-state index in [4.69, 9.17) is 19.4 Å². The number of cyclic esters (lactones) is 1. The number of nitrogens with one attached hydrogen (secondary N) is 2.